The van der Waals surface area contributed by atoms with E-state index in [0.717, 1.165) is 24.8 Å². The summed E-state index contributed by atoms with van der Waals surface area (Å²) in [6, 6.07) is 15.3. The molecule has 8 heteroatoms. The van der Waals surface area contributed by atoms with E-state index >= 15 is 0 Å². The number of piperazine rings is 1. The van der Waals surface area contributed by atoms with Gasteiger partial charge in [0.1, 0.15) is 0 Å². The van der Waals surface area contributed by atoms with E-state index in [0.29, 0.717) is 36.4 Å². The third-order valence-corrected chi connectivity index (χ3v) is 7.26. The quantitative estimate of drug-likeness (QED) is 0.519. The second-order valence-electron chi connectivity index (χ2n) is 11.8. The lowest BCUT2D eigenvalue weighted by Crippen LogP contribution is -2.57. The monoisotopic (exact) mass is 519 g/mol. The van der Waals surface area contributed by atoms with Crippen molar-refractivity contribution in [2.24, 2.45) is 0 Å². The lowest BCUT2D eigenvalue weighted by Gasteiger charge is -2.44. The third kappa shape index (κ3) is 7.13. The molecule has 2 unspecified atom stereocenters. The maximum atomic E-state index is 13.3. The van der Waals surface area contributed by atoms with E-state index in [2.05, 4.69) is 34.7 Å². The van der Waals surface area contributed by atoms with E-state index in [1.807, 2.05) is 49.9 Å². The van der Waals surface area contributed by atoms with Gasteiger partial charge >= 0.3 is 6.03 Å². The van der Waals surface area contributed by atoms with Crippen LogP contribution in [0.15, 0.2) is 48.5 Å². The molecule has 1 aliphatic heterocycles. The van der Waals surface area contributed by atoms with Crippen molar-refractivity contribution >= 4 is 23.5 Å². The van der Waals surface area contributed by atoms with Gasteiger partial charge in [-0.2, -0.15) is 0 Å². The molecule has 2 atom stereocenters. The first-order valence-electron chi connectivity index (χ1n) is 13.6. The lowest BCUT2D eigenvalue weighted by atomic mass is 9.93. The van der Waals surface area contributed by atoms with Gasteiger partial charge in [-0.25, -0.2) is 4.79 Å². The van der Waals surface area contributed by atoms with Gasteiger partial charge in [0.25, 0.3) is 11.8 Å². The van der Waals surface area contributed by atoms with Crippen molar-refractivity contribution in [2.75, 3.05) is 18.4 Å². The molecular weight excluding hydrogens is 478 g/mol. The molecule has 3 N–H and O–H groups in total. The summed E-state index contributed by atoms with van der Waals surface area (Å²) in [6.07, 6.45) is 3.23. The highest BCUT2D eigenvalue weighted by Crippen LogP contribution is 2.22. The van der Waals surface area contributed by atoms with Crippen LogP contribution in [0.4, 0.5) is 10.5 Å². The van der Waals surface area contributed by atoms with Crippen molar-refractivity contribution < 1.29 is 14.4 Å². The number of anilines is 1. The fraction of sp³-hybridized carbons (Fsp3) is 0.500. The molecule has 2 aromatic rings. The lowest BCUT2D eigenvalue weighted by molar-refractivity contribution is 0.0269. The summed E-state index contributed by atoms with van der Waals surface area (Å²) in [5, 5.41) is 8.82. The Balaban J connectivity index is 1.33. The Morgan fingerprint density at radius 3 is 2.16 bits per heavy atom. The van der Waals surface area contributed by atoms with E-state index in [-0.39, 0.29) is 41.5 Å². The molecule has 0 radical (unpaired) electrons. The van der Waals surface area contributed by atoms with E-state index < -0.39 is 0 Å². The molecule has 0 aromatic heterocycles. The molecule has 0 bridgehead atoms. The molecule has 4 amide bonds. The summed E-state index contributed by atoms with van der Waals surface area (Å²) in [6.45, 7) is 12.1. The number of nitrogens with one attached hydrogen (secondary N) is 3. The standard InChI is InChI=1S/C30H41N5O3/c1-20-17-34(28(37)23-12-14-26(15-13-23)32-29(38)31-25-10-7-11-25)18-21(2)35(20)19-22-8-6-9-24(16-22)27(36)33-30(3,4)5/h6,8-9,12-16,20-21,25H,7,10-11,17-19H2,1-5H3,(H,33,36)(H2,31,32,38). The number of carbonyl (C=O) groups is 3. The number of rotatable bonds is 6. The number of carbonyl (C=O) groups excluding carboxylic acids is 3. The van der Waals surface area contributed by atoms with Crippen LogP contribution in [-0.2, 0) is 6.54 Å². The maximum Gasteiger partial charge on any atom is 0.319 e. The molecule has 2 aliphatic rings. The predicted octanol–water partition coefficient (Wildman–Crippen LogP) is 4.62. The molecule has 4 rings (SSSR count). The number of urea groups is 1. The molecule has 1 saturated heterocycles. The minimum absolute atomic E-state index is 0.00494. The summed E-state index contributed by atoms with van der Waals surface area (Å²) < 4.78 is 0. The number of amides is 4. The third-order valence-electron chi connectivity index (χ3n) is 7.26. The Morgan fingerprint density at radius 1 is 0.921 bits per heavy atom. The average molecular weight is 520 g/mol. The van der Waals surface area contributed by atoms with Crippen molar-refractivity contribution in [3.05, 3.63) is 65.2 Å². The van der Waals surface area contributed by atoms with Crippen LogP contribution in [0, 0.1) is 0 Å². The number of nitrogens with zero attached hydrogens (tertiary/aromatic N) is 2. The highest BCUT2D eigenvalue weighted by atomic mass is 16.2. The number of benzene rings is 2. The van der Waals surface area contributed by atoms with Crippen molar-refractivity contribution in [3.8, 4) is 0 Å². The molecule has 2 fully saturated rings. The zero-order valence-electron chi connectivity index (χ0n) is 23.2. The van der Waals surface area contributed by atoms with Crippen LogP contribution in [0.3, 0.4) is 0 Å². The van der Waals surface area contributed by atoms with Gasteiger partial charge < -0.3 is 20.9 Å². The van der Waals surface area contributed by atoms with Crippen LogP contribution >= 0.6 is 0 Å². The minimum atomic E-state index is -0.292. The Morgan fingerprint density at radius 2 is 1.58 bits per heavy atom. The Hall–Kier alpha value is -3.39. The fourth-order valence-corrected chi connectivity index (χ4v) is 5.05. The molecule has 8 nitrogen and oxygen atoms in total. The summed E-state index contributed by atoms with van der Waals surface area (Å²) in [5.41, 5.74) is 2.73. The molecule has 204 valence electrons. The minimum Gasteiger partial charge on any atom is -0.347 e. The van der Waals surface area contributed by atoms with E-state index in [9.17, 15) is 14.4 Å². The zero-order valence-corrected chi connectivity index (χ0v) is 23.2. The largest absolute Gasteiger partial charge is 0.347 e. The summed E-state index contributed by atoms with van der Waals surface area (Å²) in [5.74, 6) is -0.0780. The van der Waals surface area contributed by atoms with Gasteiger partial charge in [0.2, 0.25) is 0 Å². The van der Waals surface area contributed by atoms with Crippen molar-refractivity contribution in [2.45, 2.75) is 84.1 Å². The van der Waals surface area contributed by atoms with Gasteiger partial charge in [-0.1, -0.05) is 12.1 Å². The molecular formula is C30H41N5O3. The molecule has 1 aliphatic carbocycles. The molecule has 1 saturated carbocycles. The fourth-order valence-electron chi connectivity index (χ4n) is 5.05. The second kappa shape index (κ2) is 11.6. The summed E-state index contributed by atoms with van der Waals surface area (Å²) in [4.78, 5) is 42.3. The van der Waals surface area contributed by atoms with Crippen LogP contribution in [0.5, 0.6) is 0 Å². The van der Waals surface area contributed by atoms with Gasteiger partial charge in [0.05, 0.1) is 0 Å². The number of hydrogen-bond donors (Lipinski definition) is 3. The highest BCUT2D eigenvalue weighted by Gasteiger charge is 2.32. The number of hydrogen-bond acceptors (Lipinski definition) is 4. The highest BCUT2D eigenvalue weighted by molar-refractivity contribution is 5.96. The second-order valence-corrected chi connectivity index (χ2v) is 11.8. The average Bonchev–Trinajstić information content (AvgIpc) is 2.83. The molecule has 2 aromatic carbocycles. The van der Waals surface area contributed by atoms with Crippen LogP contribution in [-0.4, -0.2) is 64.4 Å². The van der Waals surface area contributed by atoms with Gasteiger partial charge in [-0.15, -0.1) is 0 Å². The van der Waals surface area contributed by atoms with Crippen LogP contribution in [0.2, 0.25) is 0 Å². The summed E-state index contributed by atoms with van der Waals surface area (Å²) in [7, 11) is 0. The molecule has 1 heterocycles. The van der Waals surface area contributed by atoms with Crippen LogP contribution in [0.1, 0.15) is 80.2 Å². The van der Waals surface area contributed by atoms with E-state index in [1.165, 1.54) is 0 Å². The molecule has 38 heavy (non-hydrogen) atoms. The first kappa shape index (κ1) is 27.6. The van der Waals surface area contributed by atoms with Crippen molar-refractivity contribution in [1.29, 1.82) is 0 Å². The van der Waals surface area contributed by atoms with Crippen LogP contribution < -0.4 is 16.0 Å². The van der Waals surface area contributed by atoms with Gasteiger partial charge in [0.15, 0.2) is 0 Å². The zero-order chi connectivity index (χ0) is 27.4. The SMILES string of the molecule is CC1CN(C(=O)c2ccc(NC(=O)NC3CCC3)cc2)CC(C)N1Cc1cccc(C(=O)NC(C)(C)C)c1. The Labute approximate surface area is 226 Å². The smallest absolute Gasteiger partial charge is 0.319 e. The van der Waals surface area contributed by atoms with Gasteiger partial charge in [-0.05, 0) is 95.8 Å². The Kier molecular flexibility index (Phi) is 8.41. The normalized spacial score (nSPS) is 20.4. The van der Waals surface area contributed by atoms with Crippen molar-refractivity contribution in [1.82, 2.24) is 20.4 Å². The maximum absolute atomic E-state index is 13.3. The first-order valence-corrected chi connectivity index (χ1v) is 13.6. The van der Waals surface area contributed by atoms with Crippen LogP contribution in [0.25, 0.3) is 0 Å². The van der Waals surface area contributed by atoms with E-state index in [4.69, 9.17) is 0 Å². The van der Waals surface area contributed by atoms with Gasteiger partial charge in [0, 0.05) is 60.1 Å². The molecule has 0 spiro atoms. The summed E-state index contributed by atoms with van der Waals surface area (Å²) >= 11 is 0. The first-order chi connectivity index (χ1) is 18.0. The topological polar surface area (TPSA) is 93.8 Å². The van der Waals surface area contributed by atoms with Crippen molar-refractivity contribution in [3.63, 3.8) is 0 Å². The van der Waals surface area contributed by atoms with Gasteiger partial charge in [-0.3, -0.25) is 14.5 Å². The predicted molar refractivity (Wildman–Crippen MR) is 150 cm³/mol. The Bertz CT molecular complexity index is 1140. The van der Waals surface area contributed by atoms with E-state index in [1.54, 1.807) is 24.3 Å².